The van der Waals surface area contributed by atoms with Crippen molar-refractivity contribution in [3.63, 3.8) is 0 Å². The van der Waals surface area contributed by atoms with Gasteiger partial charge in [0, 0.05) is 6.54 Å². The van der Waals surface area contributed by atoms with Gasteiger partial charge in [-0.1, -0.05) is 133 Å². The van der Waals surface area contributed by atoms with Crippen molar-refractivity contribution in [2.75, 3.05) is 19.8 Å². The van der Waals surface area contributed by atoms with E-state index in [4.69, 9.17) is 14.8 Å². The number of allylic oxidation sites excluding steroid dienone is 7. The van der Waals surface area contributed by atoms with Gasteiger partial charge in [0.1, 0.15) is 0 Å². The summed E-state index contributed by atoms with van der Waals surface area (Å²) in [4.78, 5) is 22.5. The van der Waals surface area contributed by atoms with E-state index in [9.17, 15) is 24.5 Å². The normalized spacial score (nSPS) is 15.6. The lowest BCUT2D eigenvalue weighted by Gasteiger charge is -2.24. The molecular weight excluding hydrogens is 615 g/mol. The van der Waals surface area contributed by atoms with Crippen LogP contribution in [0.1, 0.15) is 142 Å². The lowest BCUT2D eigenvalue weighted by molar-refractivity contribution is -0.124. The second-order valence-electron chi connectivity index (χ2n) is 12.3. The van der Waals surface area contributed by atoms with Gasteiger partial charge in [0.25, 0.3) is 0 Å². The highest BCUT2D eigenvalue weighted by molar-refractivity contribution is 7.47. The summed E-state index contributed by atoms with van der Waals surface area (Å²) in [6.07, 6.45) is 35.0. The molecular formula is C37H69N2O7P. The van der Waals surface area contributed by atoms with E-state index in [1.165, 1.54) is 57.8 Å². The summed E-state index contributed by atoms with van der Waals surface area (Å²) in [6, 6.07) is -0.999. The molecule has 0 aromatic heterocycles. The average molecular weight is 685 g/mol. The molecule has 4 unspecified atom stereocenters. The molecule has 0 bridgehead atoms. The third kappa shape index (κ3) is 31.4. The summed E-state index contributed by atoms with van der Waals surface area (Å²) in [5.41, 5.74) is 5.32. The van der Waals surface area contributed by atoms with Gasteiger partial charge in [-0.05, 0) is 51.4 Å². The van der Waals surface area contributed by atoms with Crippen LogP contribution in [-0.2, 0) is 18.4 Å². The molecule has 0 fully saturated rings. The number of phosphoric acid groups is 1. The maximum atomic E-state index is 12.7. The van der Waals surface area contributed by atoms with E-state index < -0.39 is 38.6 Å². The zero-order chi connectivity index (χ0) is 34.9. The molecule has 9 nitrogen and oxygen atoms in total. The molecule has 10 heteroatoms. The van der Waals surface area contributed by atoms with Crippen molar-refractivity contribution in [1.29, 1.82) is 0 Å². The van der Waals surface area contributed by atoms with E-state index in [0.717, 1.165) is 51.4 Å². The molecule has 0 rings (SSSR count). The number of rotatable bonds is 33. The van der Waals surface area contributed by atoms with Gasteiger partial charge in [0.15, 0.2) is 0 Å². The molecule has 47 heavy (non-hydrogen) atoms. The Kier molecular flexibility index (Phi) is 31.8. The predicted octanol–water partition coefficient (Wildman–Crippen LogP) is 8.35. The van der Waals surface area contributed by atoms with Crippen LogP contribution in [0.2, 0.25) is 0 Å². The fourth-order valence-electron chi connectivity index (χ4n) is 4.87. The molecule has 0 aromatic carbocycles. The third-order valence-corrected chi connectivity index (χ3v) is 8.69. The number of carbonyl (C=O) groups excluding carboxylic acids is 1. The lowest BCUT2D eigenvalue weighted by Crippen LogP contribution is -2.46. The van der Waals surface area contributed by atoms with Crippen LogP contribution in [-0.4, -0.2) is 59.0 Å². The highest BCUT2D eigenvalue weighted by Crippen LogP contribution is 2.43. The number of carbonyl (C=O) groups is 1. The Balaban J connectivity index is 4.35. The monoisotopic (exact) mass is 684 g/mol. The number of hydrogen-bond donors (Lipinski definition) is 5. The fraction of sp³-hybridized carbons (Fsp3) is 0.757. The number of phosphoric ester groups is 1. The maximum absolute atomic E-state index is 12.7. The largest absolute Gasteiger partial charge is 0.472 e. The quantitative estimate of drug-likeness (QED) is 0.0200. The first kappa shape index (κ1) is 45.4. The summed E-state index contributed by atoms with van der Waals surface area (Å²) in [6.45, 7) is 3.80. The molecule has 0 saturated heterocycles. The molecule has 274 valence electrons. The predicted molar refractivity (Wildman–Crippen MR) is 195 cm³/mol. The van der Waals surface area contributed by atoms with Gasteiger partial charge in [0.05, 0.1) is 37.9 Å². The SMILES string of the molecule is CCCC/C=C/CC/C=C/C(O)C(COP(=O)(O)OCCN)NC(=O)CC(O)CCCCCCCCCC/C=C\C=C/CCCCC. The van der Waals surface area contributed by atoms with Crippen LogP contribution in [0, 0.1) is 0 Å². The number of aliphatic hydroxyl groups is 2. The smallest absolute Gasteiger partial charge is 0.393 e. The van der Waals surface area contributed by atoms with Crippen molar-refractivity contribution in [3.05, 3.63) is 48.6 Å². The standard InChI is InChI=1S/C37H69N2O7P/c1-3-5-7-9-11-13-14-15-16-17-18-19-20-21-22-24-26-28-34(40)32-37(42)39-35(33-46-47(43,44)45-31-30-38)36(41)29-27-25-23-12-10-8-6-4-2/h10-15,27,29,34-36,40-41H,3-9,16-26,28,30-33,38H2,1-2H3,(H,39,42)(H,43,44)/b12-10+,13-11-,15-14-,29-27+. The second kappa shape index (κ2) is 32.9. The van der Waals surface area contributed by atoms with Gasteiger partial charge in [-0.25, -0.2) is 4.57 Å². The van der Waals surface area contributed by atoms with Crippen LogP contribution in [0.25, 0.3) is 0 Å². The molecule has 0 aromatic rings. The van der Waals surface area contributed by atoms with Gasteiger partial charge in [-0.3, -0.25) is 13.8 Å². The molecule has 0 spiro atoms. The van der Waals surface area contributed by atoms with Gasteiger partial charge < -0.3 is 26.2 Å². The summed E-state index contributed by atoms with van der Waals surface area (Å²) >= 11 is 0. The highest BCUT2D eigenvalue weighted by Gasteiger charge is 2.27. The topological polar surface area (TPSA) is 151 Å². The van der Waals surface area contributed by atoms with Crippen molar-refractivity contribution in [1.82, 2.24) is 5.32 Å². The lowest BCUT2D eigenvalue weighted by atomic mass is 10.0. The second-order valence-corrected chi connectivity index (χ2v) is 13.7. The molecule has 6 N–H and O–H groups in total. The van der Waals surface area contributed by atoms with Crippen LogP contribution in [0.5, 0.6) is 0 Å². The van der Waals surface area contributed by atoms with Crippen LogP contribution in [0.15, 0.2) is 48.6 Å². The van der Waals surface area contributed by atoms with Gasteiger partial charge >= 0.3 is 7.82 Å². The van der Waals surface area contributed by atoms with Crippen molar-refractivity contribution in [2.24, 2.45) is 5.73 Å². The molecule has 1 amide bonds. The number of unbranched alkanes of at least 4 members (excludes halogenated alkanes) is 14. The molecule has 0 saturated carbocycles. The van der Waals surface area contributed by atoms with E-state index in [-0.39, 0.29) is 19.6 Å². The van der Waals surface area contributed by atoms with Crippen LogP contribution < -0.4 is 11.1 Å². The highest BCUT2D eigenvalue weighted by atomic mass is 31.2. The summed E-state index contributed by atoms with van der Waals surface area (Å²) in [7, 11) is -4.40. The Morgan fingerprint density at radius 1 is 0.745 bits per heavy atom. The number of nitrogens with two attached hydrogens (primary N) is 1. The molecule has 0 aliphatic carbocycles. The Bertz CT molecular complexity index is 894. The van der Waals surface area contributed by atoms with E-state index >= 15 is 0 Å². The zero-order valence-corrected chi connectivity index (χ0v) is 30.5. The van der Waals surface area contributed by atoms with Crippen LogP contribution in [0.3, 0.4) is 0 Å². The molecule has 0 aliphatic heterocycles. The van der Waals surface area contributed by atoms with Gasteiger partial charge in [0.2, 0.25) is 5.91 Å². The molecule has 0 heterocycles. The number of nitrogens with one attached hydrogen (secondary N) is 1. The van der Waals surface area contributed by atoms with Crippen molar-refractivity contribution in [2.45, 2.75) is 161 Å². The number of hydrogen-bond acceptors (Lipinski definition) is 7. The summed E-state index contributed by atoms with van der Waals surface area (Å²) in [5.74, 6) is -0.467. The Morgan fingerprint density at radius 3 is 1.94 bits per heavy atom. The van der Waals surface area contributed by atoms with Crippen molar-refractivity contribution >= 4 is 13.7 Å². The molecule has 0 radical (unpaired) electrons. The number of amides is 1. The molecule has 4 atom stereocenters. The van der Waals surface area contributed by atoms with E-state index in [0.29, 0.717) is 12.8 Å². The third-order valence-electron chi connectivity index (χ3n) is 7.71. The van der Waals surface area contributed by atoms with Crippen LogP contribution >= 0.6 is 7.82 Å². The summed E-state index contributed by atoms with van der Waals surface area (Å²) in [5, 5.41) is 23.8. The average Bonchev–Trinajstić information content (AvgIpc) is 3.04. The van der Waals surface area contributed by atoms with Gasteiger partial charge in [-0.2, -0.15) is 0 Å². The first-order valence-electron chi connectivity index (χ1n) is 18.4. The Labute approximate surface area is 286 Å². The van der Waals surface area contributed by atoms with Crippen molar-refractivity contribution < 1.29 is 33.5 Å². The van der Waals surface area contributed by atoms with E-state index in [2.05, 4.69) is 55.6 Å². The number of aliphatic hydroxyl groups excluding tert-OH is 2. The zero-order valence-electron chi connectivity index (χ0n) is 29.6. The minimum Gasteiger partial charge on any atom is -0.393 e. The van der Waals surface area contributed by atoms with Crippen LogP contribution in [0.4, 0.5) is 0 Å². The van der Waals surface area contributed by atoms with E-state index in [1.807, 2.05) is 0 Å². The van der Waals surface area contributed by atoms with E-state index in [1.54, 1.807) is 12.2 Å². The minimum absolute atomic E-state index is 0.0416. The Morgan fingerprint density at radius 2 is 1.30 bits per heavy atom. The van der Waals surface area contributed by atoms with Gasteiger partial charge in [-0.15, -0.1) is 0 Å². The first-order valence-corrected chi connectivity index (χ1v) is 19.9. The summed E-state index contributed by atoms with van der Waals surface area (Å²) < 4.78 is 21.9. The first-order chi connectivity index (χ1) is 22.8. The minimum atomic E-state index is -4.40. The Hall–Kier alpha value is -1.58. The maximum Gasteiger partial charge on any atom is 0.472 e. The molecule has 0 aliphatic rings. The van der Waals surface area contributed by atoms with Crippen molar-refractivity contribution in [3.8, 4) is 0 Å². The fourth-order valence-corrected chi connectivity index (χ4v) is 5.63.